The topological polar surface area (TPSA) is 92.8 Å². The minimum absolute atomic E-state index is 0.194. The summed E-state index contributed by atoms with van der Waals surface area (Å²) in [4.78, 5) is 34.7. The number of fused-ring (bicyclic) bond motifs is 3. The van der Waals surface area contributed by atoms with Crippen molar-refractivity contribution in [2.45, 2.75) is 26.1 Å². The molecule has 0 bridgehead atoms. The number of para-hydroxylation sites is 2. The van der Waals surface area contributed by atoms with E-state index < -0.39 is 0 Å². The average Bonchev–Trinajstić information content (AvgIpc) is 3.51. The van der Waals surface area contributed by atoms with E-state index in [4.69, 9.17) is 14.5 Å². The summed E-state index contributed by atoms with van der Waals surface area (Å²) in [5, 5.41) is 6.83. The zero-order chi connectivity index (χ0) is 29.2. The second kappa shape index (κ2) is 11.6. The number of ether oxygens (including phenoxy) is 2. The van der Waals surface area contributed by atoms with Crippen molar-refractivity contribution in [3.63, 3.8) is 0 Å². The van der Waals surface area contributed by atoms with Crippen LogP contribution < -0.4 is 20.1 Å². The second-order valence-electron chi connectivity index (χ2n) is 10.7. The number of carbonyl (C=O) groups excluding carboxylic acids is 2. The van der Waals surface area contributed by atoms with Gasteiger partial charge in [0.2, 0.25) is 6.79 Å². The molecule has 0 saturated heterocycles. The van der Waals surface area contributed by atoms with Crippen LogP contribution in [-0.4, -0.2) is 35.0 Å². The summed E-state index contributed by atoms with van der Waals surface area (Å²) in [6.45, 7) is 2.76. The number of amides is 2. The summed E-state index contributed by atoms with van der Waals surface area (Å²) in [5.74, 6) is 0.809. The van der Waals surface area contributed by atoms with Crippen molar-refractivity contribution in [2.24, 2.45) is 0 Å². The first-order valence-corrected chi connectivity index (χ1v) is 14.4. The monoisotopic (exact) mass is 570 g/mol. The molecule has 0 fully saturated rings. The van der Waals surface area contributed by atoms with Crippen LogP contribution in [0.15, 0.2) is 97.1 Å². The molecule has 4 aromatic carbocycles. The molecule has 8 nitrogen and oxygen atoms in total. The molecule has 3 heterocycles. The summed E-state index contributed by atoms with van der Waals surface area (Å²) >= 11 is 0. The third kappa shape index (κ3) is 5.52. The number of hydrogen-bond donors (Lipinski definition) is 2. The highest BCUT2D eigenvalue weighted by molar-refractivity contribution is 6.15. The molecule has 43 heavy (non-hydrogen) atoms. The van der Waals surface area contributed by atoms with Crippen LogP contribution in [0.25, 0.3) is 10.9 Å². The molecule has 5 aromatic rings. The van der Waals surface area contributed by atoms with Gasteiger partial charge >= 0.3 is 0 Å². The maximum Gasteiger partial charge on any atom is 0.256 e. The number of hydrogen-bond acceptors (Lipinski definition) is 6. The predicted molar refractivity (Wildman–Crippen MR) is 164 cm³/mol. The zero-order valence-electron chi connectivity index (χ0n) is 23.5. The molecular formula is C35H30N4O4. The van der Waals surface area contributed by atoms with Gasteiger partial charge in [-0.15, -0.1) is 0 Å². The van der Waals surface area contributed by atoms with Crippen LogP contribution >= 0.6 is 0 Å². The van der Waals surface area contributed by atoms with Crippen molar-refractivity contribution in [3.05, 3.63) is 131 Å². The first-order chi connectivity index (χ1) is 21.1. The number of rotatable bonds is 7. The smallest absolute Gasteiger partial charge is 0.256 e. The molecule has 2 amide bonds. The third-order valence-corrected chi connectivity index (χ3v) is 7.91. The molecule has 0 unspecified atom stereocenters. The van der Waals surface area contributed by atoms with E-state index in [1.807, 2.05) is 66.7 Å². The Morgan fingerprint density at radius 2 is 1.60 bits per heavy atom. The minimum Gasteiger partial charge on any atom is -0.454 e. The van der Waals surface area contributed by atoms with Crippen LogP contribution in [-0.2, 0) is 26.1 Å². The minimum atomic E-state index is -0.288. The highest BCUT2D eigenvalue weighted by Gasteiger charge is 2.27. The molecule has 7 rings (SSSR count). The first kappa shape index (κ1) is 26.7. The number of carbonyl (C=O) groups is 2. The molecule has 8 heteroatoms. The lowest BCUT2D eigenvalue weighted by molar-refractivity contribution is 0.0951. The quantitative estimate of drug-likeness (QED) is 0.261. The molecule has 0 radical (unpaired) electrons. The fraction of sp³-hybridized carbons (Fsp3) is 0.171. The van der Waals surface area contributed by atoms with Crippen LogP contribution in [0.1, 0.15) is 43.1 Å². The van der Waals surface area contributed by atoms with Gasteiger partial charge in [-0.05, 0) is 41.5 Å². The average molecular weight is 571 g/mol. The first-order valence-electron chi connectivity index (χ1n) is 14.4. The molecule has 2 N–H and O–H groups in total. The van der Waals surface area contributed by atoms with Crippen LogP contribution in [0.3, 0.4) is 0 Å². The Bertz CT molecular complexity index is 1840. The van der Waals surface area contributed by atoms with E-state index in [1.165, 1.54) is 5.56 Å². The normalized spacial score (nSPS) is 13.9. The Morgan fingerprint density at radius 3 is 2.51 bits per heavy atom. The molecule has 214 valence electrons. The number of aromatic nitrogens is 1. The van der Waals surface area contributed by atoms with Crippen LogP contribution in [0.2, 0.25) is 0 Å². The Labute approximate surface area is 249 Å². The number of benzene rings is 4. The number of nitrogens with one attached hydrogen (secondary N) is 2. The summed E-state index contributed by atoms with van der Waals surface area (Å²) in [7, 11) is 0. The SMILES string of the molecule is O=C(NCc1ccc2c(c1)OCO2)c1ccccc1NC(=O)c1c2c(nc3ccccc13)CCN(Cc1ccccc1)C2. The Hall–Kier alpha value is -5.21. The summed E-state index contributed by atoms with van der Waals surface area (Å²) in [6.07, 6.45) is 0.756. The highest BCUT2D eigenvalue weighted by atomic mass is 16.7. The van der Waals surface area contributed by atoms with Crippen molar-refractivity contribution in [1.29, 1.82) is 0 Å². The van der Waals surface area contributed by atoms with E-state index in [-0.39, 0.29) is 18.6 Å². The van der Waals surface area contributed by atoms with E-state index in [2.05, 4.69) is 27.7 Å². The molecule has 2 aliphatic heterocycles. The summed E-state index contributed by atoms with van der Waals surface area (Å²) in [5.41, 5.74) is 6.22. The molecule has 0 aliphatic carbocycles. The van der Waals surface area contributed by atoms with Crippen LogP contribution in [0, 0.1) is 0 Å². The fourth-order valence-electron chi connectivity index (χ4n) is 5.79. The van der Waals surface area contributed by atoms with E-state index in [0.29, 0.717) is 41.4 Å². The summed E-state index contributed by atoms with van der Waals surface area (Å²) < 4.78 is 10.8. The van der Waals surface area contributed by atoms with Crippen molar-refractivity contribution in [1.82, 2.24) is 15.2 Å². The van der Waals surface area contributed by atoms with Gasteiger partial charge in [0.05, 0.1) is 22.3 Å². The highest BCUT2D eigenvalue weighted by Crippen LogP contribution is 2.33. The Morgan fingerprint density at radius 1 is 0.814 bits per heavy atom. The largest absolute Gasteiger partial charge is 0.454 e. The lowest BCUT2D eigenvalue weighted by Crippen LogP contribution is -2.33. The molecule has 0 saturated carbocycles. The van der Waals surface area contributed by atoms with Crippen molar-refractivity contribution in [3.8, 4) is 11.5 Å². The van der Waals surface area contributed by atoms with Gasteiger partial charge in [0, 0.05) is 49.2 Å². The van der Waals surface area contributed by atoms with Gasteiger partial charge in [0.1, 0.15) is 0 Å². The zero-order valence-corrected chi connectivity index (χ0v) is 23.5. The van der Waals surface area contributed by atoms with Gasteiger partial charge in [-0.25, -0.2) is 0 Å². The molecule has 0 atom stereocenters. The fourth-order valence-corrected chi connectivity index (χ4v) is 5.79. The van der Waals surface area contributed by atoms with Gasteiger partial charge < -0.3 is 20.1 Å². The van der Waals surface area contributed by atoms with Crippen molar-refractivity contribution < 1.29 is 19.1 Å². The number of anilines is 1. The van der Waals surface area contributed by atoms with E-state index in [9.17, 15) is 9.59 Å². The maximum absolute atomic E-state index is 14.1. The van der Waals surface area contributed by atoms with E-state index >= 15 is 0 Å². The van der Waals surface area contributed by atoms with Gasteiger partial charge in [0.25, 0.3) is 11.8 Å². The van der Waals surface area contributed by atoms with Gasteiger partial charge in [-0.2, -0.15) is 0 Å². The van der Waals surface area contributed by atoms with Crippen molar-refractivity contribution >= 4 is 28.4 Å². The Kier molecular flexibility index (Phi) is 7.18. The Balaban J connectivity index is 1.15. The molecule has 0 spiro atoms. The number of pyridine rings is 1. The van der Waals surface area contributed by atoms with Crippen LogP contribution in [0.4, 0.5) is 5.69 Å². The molecule has 1 aromatic heterocycles. The predicted octanol–water partition coefficient (Wildman–Crippen LogP) is 5.70. The molecular weight excluding hydrogens is 540 g/mol. The van der Waals surface area contributed by atoms with Crippen LogP contribution in [0.5, 0.6) is 11.5 Å². The third-order valence-electron chi connectivity index (χ3n) is 7.91. The van der Waals surface area contributed by atoms with Gasteiger partial charge in [0.15, 0.2) is 11.5 Å². The lowest BCUT2D eigenvalue weighted by atomic mass is 9.94. The van der Waals surface area contributed by atoms with E-state index in [0.717, 1.165) is 47.2 Å². The van der Waals surface area contributed by atoms with E-state index in [1.54, 1.807) is 18.2 Å². The molecule has 2 aliphatic rings. The number of nitrogens with zero attached hydrogens (tertiary/aromatic N) is 2. The lowest BCUT2D eigenvalue weighted by Gasteiger charge is -2.30. The second-order valence-corrected chi connectivity index (χ2v) is 10.7. The standard InChI is InChI=1S/C35H30N4O4/c40-34(36-19-24-14-15-31-32(18-24)43-22-42-31)26-11-5-7-13-29(26)38-35(41)33-25-10-4-6-12-28(25)37-30-16-17-39(21-27(30)33)20-23-8-2-1-3-9-23/h1-15,18H,16-17,19-22H2,(H,36,40)(H,38,41). The maximum atomic E-state index is 14.1. The van der Waals surface area contributed by atoms with Gasteiger partial charge in [-0.1, -0.05) is 66.7 Å². The van der Waals surface area contributed by atoms with Gasteiger partial charge in [-0.3, -0.25) is 19.5 Å². The summed E-state index contributed by atoms with van der Waals surface area (Å²) in [6, 6.07) is 30.7. The van der Waals surface area contributed by atoms with Crippen molar-refractivity contribution in [2.75, 3.05) is 18.7 Å².